The van der Waals surface area contributed by atoms with Gasteiger partial charge in [-0.3, -0.25) is 10.2 Å². The molecule has 1 N–H and O–H groups in total. The molecule has 0 aliphatic rings. The molecule has 136 valence electrons. The Morgan fingerprint density at radius 1 is 0.926 bits per heavy atom. The van der Waals surface area contributed by atoms with Crippen LogP contribution in [0.1, 0.15) is 6.92 Å². The highest BCUT2D eigenvalue weighted by molar-refractivity contribution is 8.15. The van der Waals surface area contributed by atoms with Crippen molar-refractivity contribution in [1.29, 1.82) is 0 Å². The Balaban J connectivity index is 1.65. The number of hydrogen-bond donors (Lipinski definition) is 1. The molecular formula is C21H17ClN2O2S. The Hall–Kier alpha value is -2.76. The maximum absolute atomic E-state index is 11.9. The van der Waals surface area contributed by atoms with E-state index in [0.717, 1.165) is 22.1 Å². The number of Topliss-reactive ketones (excluding diaryl/α,β-unsaturated/α-hetero) is 1. The van der Waals surface area contributed by atoms with E-state index in [4.69, 9.17) is 16.3 Å². The van der Waals surface area contributed by atoms with Gasteiger partial charge in [0, 0.05) is 16.8 Å². The van der Waals surface area contributed by atoms with Gasteiger partial charge in [-0.2, -0.15) is 5.10 Å². The molecule has 0 heterocycles. The maximum Gasteiger partial charge on any atom is 0.186 e. The summed E-state index contributed by atoms with van der Waals surface area (Å²) in [5.74, 6) is 1.37. The van der Waals surface area contributed by atoms with E-state index < -0.39 is 0 Å². The minimum absolute atomic E-state index is 0.119. The average molecular weight is 397 g/mol. The topological polar surface area (TPSA) is 50.7 Å². The third-order valence-corrected chi connectivity index (χ3v) is 4.78. The van der Waals surface area contributed by atoms with Gasteiger partial charge in [0.1, 0.15) is 11.5 Å². The number of benzene rings is 3. The highest BCUT2D eigenvalue weighted by Crippen LogP contribution is 2.24. The second kappa shape index (κ2) is 9.26. The van der Waals surface area contributed by atoms with E-state index in [-0.39, 0.29) is 5.78 Å². The van der Waals surface area contributed by atoms with E-state index in [1.165, 1.54) is 18.7 Å². The largest absolute Gasteiger partial charge is 0.457 e. The summed E-state index contributed by atoms with van der Waals surface area (Å²) >= 11 is 7.17. The number of hydrogen-bond acceptors (Lipinski definition) is 5. The molecule has 3 aromatic rings. The lowest BCUT2D eigenvalue weighted by molar-refractivity contribution is -0.110. The monoisotopic (exact) mass is 396 g/mol. The zero-order chi connectivity index (χ0) is 19.1. The molecule has 0 aliphatic heterocycles. The molecule has 0 aliphatic carbocycles. The summed E-state index contributed by atoms with van der Waals surface area (Å²) in [5, 5.41) is 5.24. The fraction of sp³-hybridized carbons (Fsp3) is 0.0476. The fourth-order valence-corrected chi connectivity index (χ4v) is 2.98. The van der Waals surface area contributed by atoms with Crippen molar-refractivity contribution >= 4 is 39.9 Å². The number of ether oxygens (including phenoxy) is 1. The predicted octanol–water partition coefficient (Wildman–Crippen LogP) is 6.24. The van der Waals surface area contributed by atoms with E-state index in [9.17, 15) is 4.79 Å². The number of nitrogens with one attached hydrogen (secondary N) is 1. The third kappa shape index (κ3) is 5.88. The number of anilines is 1. The third-order valence-electron chi connectivity index (χ3n) is 3.45. The van der Waals surface area contributed by atoms with Crippen LogP contribution in [0, 0.1) is 0 Å². The summed E-state index contributed by atoms with van der Waals surface area (Å²) in [6, 6.07) is 24.2. The molecular weight excluding hydrogens is 380 g/mol. The molecule has 27 heavy (non-hydrogen) atoms. The number of thioether (sulfide) groups is 1. The van der Waals surface area contributed by atoms with Crippen molar-refractivity contribution in [2.75, 3.05) is 5.43 Å². The zero-order valence-electron chi connectivity index (χ0n) is 14.6. The van der Waals surface area contributed by atoms with E-state index in [0.29, 0.717) is 10.1 Å². The van der Waals surface area contributed by atoms with Gasteiger partial charge < -0.3 is 4.74 Å². The SMILES string of the molecule is CC(=O)C(=NNc1ccc(Oc2ccccc2)cc1)Sc1ccc(Cl)cc1. The van der Waals surface area contributed by atoms with Gasteiger partial charge in [-0.05, 0) is 60.7 Å². The van der Waals surface area contributed by atoms with Crippen LogP contribution in [0.25, 0.3) is 0 Å². The molecule has 6 heteroatoms. The maximum atomic E-state index is 11.9. The number of rotatable bonds is 6. The number of para-hydroxylation sites is 1. The van der Waals surface area contributed by atoms with Crippen LogP contribution in [0.2, 0.25) is 5.02 Å². The van der Waals surface area contributed by atoms with Crippen LogP contribution in [0.3, 0.4) is 0 Å². The normalized spacial score (nSPS) is 11.1. The number of hydrazone groups is 1. The summed E-state index contributed by atoms with van der Waals surface area (Å²) < 4.78 is 5.75. The van der Waals surface area contributed by atoms with Crippen molar-refractivity contribution < 1.29 is 9.53 Å². The second-order valence-electron chi connectivity index (χ2n) is 5.58. The molecule has 0 amide bonds. The summed E-state index contributed by atoms with van der Waals surface area (Å²) in [7, 11) is 0. The van der Waals surface area contributed by atoms with Crippen molar-refractivity contribution in [3.05, 3.63) is 83.9 Å². The first-order valence-corrected chi connectivity index (χ1v) is 9.40. The number of ketones is 1. The smallest absolute Gasteiger partial charge is 0.186 e. The van der Waals surface area contributed by atoms with Gasteiger partial charge in [-0.25, -0.2) is 0 Å². The van der Waals surface area contributed by atoms with E-state index in [1.54, 1.807) is 12.1 Å². The van der Waals surface area contributed by atoms with E-state index in [2.05, 4.69) is 10.5 Å². The van der Waals surface area contributed by atoms with Gasteiger partial charge >= 0.3 is 0 Å². The molecule has 0 saturated heterocycles. The summed E-state index contributed by atoms with van der Waals surface area (Å²) in [6.07, 6.45) is 0. The van der Waals surface area contributed by atoms with Gasteiger partial charge in [-0.1, -0.05) is 41.6 Å². The molecule has 0 fully saturated rings. The minimum atomic E-state index is -0.119. The fourth-order valence-electron chi connectivity index (χ4n) is 2.13. The van der Waals surface area contributed by atoms with Gasteiger partial charge in [0.2, 0.25) is 0 Å². The summed E-state index contributed by atoms with van der Waals surface area (Å²) in [4.78, 5) is 12.7. The first-order valence-electron chi connectivity index (χ1n) is 8.21. The van der Waals surface area contributed by atoms with E-state index >= 15 is 0 Å². The van der Waals surface area contributed by atoms with Gasteiger partial charge in [0.25, 0.3) is 0 Å². The standard InChI is InChI=1S/C21H17ClN2O2S/c1-15(25)21(27-20-13-7-16(22)8-14-20)24-23-17-9-11-19(12-10-17)26-18-5-3-2-4-6-18/h2-14,23H,1H3. The molecule has 0 saturated carbocycles. The van der Waals surface area contributed by atoms with Crippen molar-refractivity contribution in [1.82, 2.24) is 0 Å². The van der Waals surface area contributed by atoms with Gasteiger partial charge in [-0.15, -0.1) is 0 Å². The molecule has 0 atom stereocenters. The number of halogens is 1. The highest BCUT2D eigenvalue weighted by Gasteiger charge is 2.09. The molecule has 0 aromatic heterocycles. The van der Waals surface area contributed by atoms with Crippen LogP contribution in [-0.2, 0) is 4.79 Å². The highest BCUT2D eigenvalue weighted by atomic mass is 35.5. The van der Waals surface area contributed by atoms with Crippen LogP contribution >= 0.6 is 23.4 Å². The number of nitrogens with zero attached hydrogens (tertiary/aromatic N) is 1. The number of carbonyl (C=O) groups excluding carboxylic acids is 1. The summed E-state index contributed by atoms with van der Waals surface area (Å²) in [6.45, 7) is 1.49. The van der Waals surface area contributed by atoms with Gasteiger partial charge in [0.15, 0.2) is 10.8 Å². The Labute approximate surface area is 167 Å². The molecule has 0 unspecified atom stereocenters. The lowest BCUT2D eigenvalue weighted by Gasteiger charge is -2.07. The van der Waals surface area contributed by atoms with Crippen molar-refractivity contribution in [2.24, 2.45) is 5.10 Å². The molecule has 3 rings (SSSR count). The molecule has 0 radical (unpaired) electrons. The summed E-state index contributed by atoms with van der Waals surface area (Å²) in [5.41, 5.74) is 3.67. The van der Waals surface area contributed by atoms with Crippen LogP contribution in [0.4, 0.5) is 5.69 Å². The Bertz CT molecular complexity index is 927. The number of carbonyl (C=O) groups is 1. The first kappa shape index (κ1) is 19.0. The molecule has 3 aromatic carbocycles. The van der Waals surface area contributed by atoms with E-state index in [1.807, 2.05) is 66.7 Å². The first-order chi connectivity index (χ1) is 13.1. The van der Waals surface area contributed by atoms with Crippen molar-refractivity contribution in [3.8, 4) is 11.5 Å². The average Bonchev–Trinajstić information content (AvgIpc) is 2.68. The second-order valence-corrected chi connectivity index (χ2v) is 7.08. The minimum Gasteiger partial charge on any atom is -0.457 e. The Kier molecular flexibility index (Phi) is 6.52. The van der Waals surface area contributed by atoms with Crippen LogP contribution < -0.4 is 10.2 Å². The molecule has 0 bridgehead atoms. The van der Waals surface area contributed by atoms with Gasteiger partial charge in [0.05, 0.1) is 5.69 Å². The predicted molar refractivity (Wildman–Crippen MR) is 112 cm³/mol. The quantitative estimate of drug-likeness (QED) is 0.232. The molecule has 0 spiro atoms. The Morgan fingerprint density at radius 2 is 1.56 bits per heavy atom. The molecule has 4 nitrogen and oxygen atoms in total. The lowest BCUT2D eigenvalue weighted by atomic mass is 10.3. The van der Waals surface area contributed by atoms with Crippen LogP contribution in [0.5, 0.6) is 11.5 Å². The van der Waals surface area contributed by atoms with Crippen LogP contribution in [-0.4, -0.2) is 10.8 Å². The zero-order valence-corrected chi connectivity index (χ0v) is 16.1. The van der Waals surface area contributed by atoms with Crippen molar-refractivity contribution in [2.45, 2.75) is 11.8 Å². The van der Waals surface area contributed by atoms with Crippen LogP contribution in [0.15, 0.2) is 88.9 Å². The lowest BCUT2D eigenvalue weighted by Crippen LogP contribution is -2.08. The Morgan fingerprint density at radius 3 is 2.19 bits per heavy atom. The van der Waals surface area contributed by atoms with Crippen molar-refractivity contribution in [3.63, 3.8) is 0 Å².